The minimum Gasteiger partial charge on any atom is -0.241 e. The number of nitrogens with zero attached hydrogens (tertiary/aromatic N) is 1. The number of hydrogen-bond donors (Lipinski definition) is 0. The summed E-state index contributed by atoms with van der Waals surface area (Å²) >= 11 is 0. The molecule has 0 fully saturated rings. The molecule has 0 N–H and O–H groups in total. The highest BCUT2D eigenvalue weighted by Gasteiger charge is 2.15. The van der Waals surface area contributed by atoms with Gasteiger partial charge in [-0.1, -0.05) is 51.9 Å². The maximum absolute atomic E-state index is 8.49. The molecule has 0 atom stereocenters. The van der Waals surface area contributed by atoms with Crippen molar-refractivity contribution in [1.29, 1.82) is 0 Å². The topological polar surface area (TPSA) is 95.2 Å². The van der Waals surface area contributed by atoms with Gasteiger partial charge >= 0.3 is 0 Å². The molecule has 1 aromatic carbocycles. The van der Waals surface area contributed by atoms with Crippen LogP contribution in [0.15, 0.2) is 46.9 Å². The van der Waals surface area contributed by atoms with E-state index in [-0.39, 0.29) is 0 Å². The summed E-state index contributed by atoms with van der Waals surface area (Å²) in [5.41, 5.74) is 2.62. The zero-order valence-electron chi connectivity index (χ0n) is 12.3. The quantitative estimate of drug-likeness (QED) is 0.392. The van der Waals surface area contributed by atoms with Gasteiger partial charge in [-0.05, 0) is 18.6 Å². The van der Waals surface area contributed by atoms with Crippen molar-refractivity contribution in [1.82, 2.24) is 0 Å². The highest BCUT2D eigenvalue weighted by molar-refractivity contribution is 8.82. The second-order valence-corrected chi connectivity index (χ2v) is 7.53. The lowest BCUT2D eigenvalue weighted by atomic mass is 10.2. The zero-order chi connectivity index (χ0) is 16.8. The molecule has 1 aliphatic heterocycles. The van der Waals surface area contributed by atoms with Crippen LogP contribution in [0.1, 0.15) is 12.5 Å². The van der Waals surface area contributed by atoms with E-state index in [0.717, 1.165) is 0 Å². The molecule has 1 aliphatic rings. The monoisotopic (exact) mass is 361 g/mol. The summed E-state index contributed by atoms with van der Waals surface area (Å²) in [5, 5.41) is 0. The van der Waals surface area contributed by atoms with Gasteiger partial charge in [0, 0.05) is 15.4 Å². The SMILES string of the molecule is C/C(C=[N+](C)C)=C1\C=C(c2ccccc2)SS1.[O-][Cl+3]([O-])([O-])[O-]. The minimum atomic E-state index is -4.94. The van der Waals surface area contributed by atoms with Gasteiger partial charge in [-0.25, -0.2) is 23.2 Å². The largest absolute Gasteiger partial charge is 0.241 e. The van der Waals surface area contributed by atoms with Gasteiger partial charge in [-0.15, -0.1) is 10.2 Å². The van der Waals surface area contributed by atoms with Crippen LogP contribution in [0, 0.1) is 10.2 Å². The molecule has 5 nitrogen and oxygen atoms in total. The second kappa shape index (κ2) is 8.73. The molecule has 0 radical (unpaired) electrons. The summed E-state index contributed by atoms with van der Waals surface area (Å²) in [5.74, 6) is 0. The average molecular weight is 362 g/mol. The number of benzene rings is 1. The Bertz CT molecular complexity index is 585. The standard InChI is InChI=1S/C14H16NS2.ClHO4/c1-11(10-15(2)3)13-9-14(17-16-13)12-7-5-4-6-8-12;2-1(3,4)5/h4-10H,1-3H3;(H,2,3,4,5)/q+1;/p-1/b13-11-;. The van der Waals surface area contributed by atoms with Gasteiger partial charge < -0.3 is 0 Å². The third kappa shape index (κ3) is 8.00. The Hall–Kier alpha value is -0.800. The molecular formula is C14H16ClNO4S2. The lowest BCUT2D eigenvalue weighted by Crippen LogP contribution is -2.68. The van der Waals surface area contributed by atoms with Gasteiger partial charge in [-0.3, -0.25) is 0 Å². The fraction of sp³-hybridized carbons (Fsp3) is 0.214. The molecule has 8 heteroatoms. The maximum atomic E-state index is 8.49. The Balaban J connectivity index is 0.000000422. The first-order valence-electron chi connectivity index (χ1n) is 6.12. The Morgan fingerprint density at radius 3 is 2.09 bits per heavy atom. The zero-order valence-corrected chi connectivity index (χ0v) is 14.7. The van der Waals surface area contributed by atoms with Crippen LogP contribution in [0.4, 0.5) is 0 Å². The van der Waals surface area contributed by atoms with E-state index in [0.29, 0.717) is 0 Å². The molecule has 1 aromatic rings. The van der Waals surface area contributed by atoms with Crippen LogP contribution in [0.3, 0.4) is 0 Å². The fourth-order valence-electron chi connectivity index (χ4n) is 1.62. The molecule has 0 saturated heterocycles. The summed E-state index contributed by atoms with van der Waals surface area (Å²) in [4.78, 5) is 2.69. The summed E-state index contributed by atoms with van der Waals surface area (Å²) in [6.45, 7) is 2.16. The normalized spacial score (nSPS) is 16.4. The number of halogens is 1. The molecule has 0 unspecified atom stereocenters. The second-order valence-electron chi connectivity index (χ2n) is 4.56. The molecule has 0 saturated carbocycles. The molecule has 120 valence electrons. The van der Waals surface area contributed by atoms with Crippen molar-refractivity contribution in [3.63, 3.8) is 0 Å². The Kier molecular flexibility index (Phi) is 7.64. The first kappa shape index (κ1) is 19.2. The molecule has 0 aromatic heterocycles. The van der Waals surface area contributed by atoms with Crippen LogP contribution in [-0.2, 0) is 0 Å². The van der Waals surface area contributed by atoms with Gasteiger partial charge in [0.05, 0.1) is 0 Å². The van der Waals surface area contributed by atoms with Crippen LogP contribution in [0.2, 0.25) is 0 Å². The summed E-state index contributed by atoms with van der Waals surface area (Å²) in [6, 6.07) is 10.5. The predicted octanol–water partition coefficient (Wildman–Crippen LogP) is -0.717. The molecule has 0 amide bonds. The first-order valence-corrected chi connectivity index (χ1v) is 9.51. The third-order valence-corrected chi connectivity index (χ3v) is 4.95. The van der Waals surface area contributed by atoms with Gasteiger partial charge in [0.1, 0.15) is 14.1 Å². The smallest absolute Gasteiger partial charge is 0.166 e. The Labute approximate surface area is 139 Å². The van der Waals surface area contributed by atoms with Crippen LogP contribution in [0.25, 0.3) is 4.91 Å². The lowest BCUT2D eigenvalue weighted by Gasteiger charge is -2.17. The summed E-state index contributed by atoms with van der Waals surface area (Å²) in [7, 11) is 2.85. The van der Waals surface area contributed by atoms with E-state index in [1.165, 1.54) is 20.9 Å². The minimum absolute atomic E-state index is 1.30. The van der Waals surface area contributed by atoms with Crippen LogP contribution in [0.5, 0.6) is 0 Å². The maximum Gasteiger partial charge on any atom is 0.166 e. The predicted molar refractivity (Wildman–Crippen MR) is 80.5 cm³/mol. The van der Waals surface area contributed by atoms with Gasteiger partial charge in [-0.2, -0.15) is 0 Å². The average Bonchev–Trinajstić information content (AvgIpc) is 2.86. The van der Waals surface area contributed by atoms with E-state index in [1.54, 1.807) is 0 Å². The molecule has 0 bridgehead atoms. The molecule has 1 heterocycles. The van der Waals surface area contributed by atoms with Crippen molar-refractivity contribution in [2.45, 2.75) is 6.92 Å². The van der Waals surface area contributed by atoms with Crippen molar-refractivity contribution in [2.24, 2.45) is 0 Å². The van der Waals surface area contributed by atoms with E-state index in [9.17, 15) is 0 Å². The van der Waals surface area contributed by atoms with Gasteiger partial charge in [0.15, 0.2) is 6.21 Å². The molecule has 0 aliphatic carbocycles. The van der Waals surface area contributed by atoms with Gasteiger partial charge in [0.25, 0.3) is 0 Å². The Morgan fingerprint density at radius 2 is 1.59 bits per heavy atom. The number of hydrogen-bond acceptors (Lipinski definition) is 6. The molecule has 2 rings (SSSR count). The summed E-state index contributed by atoms with van der Waals surface area (Å²) in [6.07, 6.45) is 4.44. The van der Waals surface area contributed by atoms with E-state index >= 15 is 0 Å². The highest BCUT2D eigenvalue weighted by Crippen LogP contribution is 2.50. The van der Waals surface area contributed by atoms with Crippen molar-refractivity contribution in [3.8, 4) is 0 Å². The Morgan fingerprint density at radius 1 is 1.05 bits per heavy atom. The van der Waals surface area contributed by atoms with Gasteiger partial charge in [0.2, 0.25) is 0 Å². The first-order chi connectivity index (χ1) is 10.2. The van der Waals surface area contributed by atoms with Crippen LogP contribution >= 0.6 is 21.6 Å². The van der Waals surface area contributed by atoms with Crippen LogP contribution in [-0.4, -0.2) is 24.9 Å². The molecule has 22 heavy (non-hydrogen) atoms. The fourth-order valence-corrected chi connectivity index (χ4v) is 4.13. The van der Waals surface area contributed by atoms with E-state index in [4.69, 9.17) is 18.6 Å². The lowest BCUT2D eigenvalue weighted by molar-refractivity contribution is -2.00. The van der Waals surface area contributed by atoms with Crippen LogP contribution < -0.4 is 18.6 Å². The van der Waals surface area contributed by atoms with E-state index in [2.05, 4.69) is 68.2 Å². The molecular weight excluding hydrogens is 346 g/mol. The summed E-state index contributed by atoms with van der Waals surface area (Å²) < 4.78 is 36.1. The van der Waals surface area contributed by atoms with Crippen molar-refractivity contribution in [2.75, 3.05) is 14.1 Å². The number of allylic oxidation sites excluding steroid dienone is 2. The van der Waals surface area contributed by atoms with Crippen molar-refractivity contribution in [3.05, 3.63) is 52.4 Å². The number of rotatable bonds is 2. The van der Waals surface area contributed by atoms with E-state index < -0.39 is 10.2 Å². The highest BCUT2D eigenvalue weighted by atomic mass is 35.7. The van der Waals surface area contributed by atoms with E-state index in [1.807, 2.05) is 21.6 Å². The molecule has 0 spiro atoms. The van der Waals surface area contributed by atoms with Crippen molar-refractivity contribution >= 4 is 32.7 Å². The van der Waals surface area contributed by atoms with Crippen molar-refractivity contribution < 1.29 is 33.5 Å². The third-order valence-electron chi connectivity index (χ3n) is 2.38.